The van der Waals surface area contributed by atoms with Crippen LogP contribution in [0, 0.1) is 0 Å². The molecule has 2 aliphatic rings. The van der Waals surface area contributed by atoms with Crippen LogP contribution in [0.3, 0.4) is 0 Å². The fraction of sp³-hybridized carbons (Fsp3) is 0.800. The Balaban J connectivity index is 0. The summed E-state index contributed by atoms with van der Waals surface area (Å²) < 4.78 is 9.93. The van der Waals surface area contributed by atoms with Gasteiger partial charge in [-0.2, -0.15) is 0 Å². The molecule has 0 amide bonds. The molecule has 8 heteroatoms. The maximum atomic E-state index is 10.4. The van der Waals surface area contributed by atoms with Crippen LogP contribution in [0.15, 0.2) is 5.16 Å². The van der Waals surface area contributed by atoms with Crippen LogP contribution in [0.4, 0.5) is 0 Å². The lowest BCUT2D eigenvalue weighted by molar-refractivity contribution is -0.124. The number of nitrogens with two attached hydrogens (primary N) is 1. The van der Waals surface area contributed by atoms with E-state index in [4.69, 9.17) is 19.9 Å². The minimum Gasteiger partial charge on any atom is -0.411 e. The van der Waals surface area contributed by atoms with Crippen molar-refractivity contribution < 1.29 is 24.7 Å². The van der Waals surface area contributed by atoms with E-state index in [1.165, 1.54) is 0 Å². The highest BCUT2D eigenvalue weighted by molar-refractivity contribution is 5.85. The maximum absolute atomic E-state index is 10.4. The molecule has 2 heterocycles. The van der Waals surface area contributed by atoms with Gasteiger partial charge in [-0.3, -0.25) is 4.79 Å². The topological polar surface area (TPSA) is 114 Å². The van der Waals surface area contributed by atoms with Crippen molar-refractivity contribution in [1.29, 1.82) is 0 Å². The third-order valence-electron chi connectivity index (χ3n) is 2.26. The second-order valence-electron chi connectivity index (χ2n) is 3.43. The predicted molar refractivity (Wildman–Crippen MR) is 67.6 cm³/mol. The molecule has 0 radical (unpaired) electrons. The molecule has 108 valence electrons. The molecule has 0 atom stereocenters. The number of halogens is 1. The SMILES string of the molecule is Cl.NO.O=C1CCOCC1.ON=C1CCOCC1. The summed E-state index contributed by atoms with van der Waals surface area (Å²) in [5.41, 5.74) is 0.858. The molecule has 0 aromatic carbocycles. The summed E-state index contributed by atoms with van der Waals surface area (Å²) >= 11 is 0. The Morgan fingerprint density at radius 1 is 0.944 bits per heavy atom. The van der Waals surface area contributed by atoms with E-state index in [9.17, 15) is 4.79 Å². The number of oxime groups is 1. The van der Waals surface area contributed by atoms with Gasteiger partial charge < -0.3 is 19.9 Å². The number of hydrogen-bond donors (Lipinski definition) is 3. The first-order chi connectivity index (χ1) is 8.33. The predicted octanol–water partition coefficient (Wildman–Crippen LogP) is 0.749. The van der Waals surface area contributed by atoms with Crippen molar-refractivity contribution in [3.63, 3.8) is 0 Å². The van der Waals surface area contributed by atoms with Gasteiger partial charge in [0.2, 0.25) is 0 Å². The van der Waals surface area contributed by atoms with Crippen molar-refractivity contribution in [3.05, 3.63) is 0 Å². The molecule has 0 aromatic rings. The molecular formula is C10H21ClN2O5. The molecule has 18 heavy (non-hydrogen) atoms. The highest BCUT2D eigenvalue weighted by Gasteiger charge is 2.06. The number of carbonyl (C=O) groups is 1. The van der Waals surface area contributed by atoms with Gasteiger partial charge in [-0.15, -0.1) is 12.4 Å². The molecular weight excluding hydrogens is 264 g/mol. The Morgan fingerprint density at radius 3 is 1.56 bits per heavy atom. The fourth-order valence-electron chi connectivity index (χ4n) is 1.31. The van der Waals surface area contributed by atoms with Crippen LogP contribution in [0.1, 0.15) is 25.7 Å². The molecule has 2 aliphatic heterocycles. The van der Waals surface area contributed by atoms with Crippen molar-refractivity contribution in [2.24, 2.45) is 11.1 Å². The molecule has 0 spiro atoms. The van der Waals surface area contributed by atoms with Crippen LogP contribution in [-0.4, -0.2) is 48.3 Å². The quantitative estimate of drug-likeness (QED) is 0.447. The van der Waals surface area contributed by atoms with Gasteiger partial charge in [-0.25, -0.2) is 5.90 Å². The lowest BCUT2D eigenvalue weighted by atomic mass is 10.2. The summed E-state index contributed by atoms with van der Waals surface area (Å²) in [7, 11) is 0. The molecule has 2 saturated heterocycles. The second-order valence-corrected chi connectivity index (χ2v) is 3.43. The van der Waals surface area contributed by atoms with Crippen LogP contribution in [0.5, 0.6) is 0 Å². The van der Waals surface area contributed by atoms with Crippen molar-refractivity contribution >= 4 is 23.9 Å². The monoisotopic (exact) mass is 284 g/mol. The third-order valence-corrected chi connectivity index (χ3v) is 2.26. The first kappa shape index (κ1) is 19.6. The van der Waals surface area contributed by atoms with Gasteiger partial charge >= 0.3 is 0 Å². The number of ketones is 1. The van der Waals surface area contributed by atoms with E-state index < -0.39 is 0 Å². The van der Waals surface area contributed by atoms with Gasteiger partial charge in [0, 0.05) is 25.7 Å². The zero-order chi connectivity index (χ0) is 12.9. The van der Waals surface area contributed by atoms with E-state index in [0.717, 1.165) is 18.6 Å². The van der Waals surface area contributed by atoms with Gasteiger partial charge in [0.25, 0.3) is 0 Å². The van der Waals surface area contributed by atoms with Gasteiger partial charge in [0.1, 0.15) is 5.78 Å². The first-order valence-electron chi connectivity index (χ1n) is 5.45. The molecule has 7 nitrogen and oxygen atoms in total. The number of ether oxygens (including phenoxy) is 2. The largest absolute Gasteiger partial charge is 0.411 e. The molecule has 2 rings (SSSR count). The first-order valence-corrected chi connectivity index (χ1v) is 5.45. The van der Waals surface area contributed by atoms with Crippen LogP contribution >= 0.6 is 12.4 Å². The molecule has 2 fully saturated rings. The molecule has 4 N–H and O–H groups in total. The molecule has 0 aliphatic carbocycles. The summed E-state index contributed by atoms with van der Waals surface area (Å²) in [6.07, 6.45) is 2.83. The Labute approximate surface area is 112 Å². The maximum Gasteiger partial charge on any atom is 0.137 e. The van der Waals surface area contributed by atoms with E-state index in [2.05, 4.69) is 11.1 Å². The summed E-state index contributed by atoms with van der Waals surface area (Å²) in [6, 6.07) is 0. The Hall–Kier alpha value is -0.730. The van der Waals surface area contributed by atoms with Gasteiger partial charge in [-0.05, 0) is 0 Å². The summed E-state index contributed by atoms with van der Waals surface area (Å²) in [4.78, 5) is 10.4. The number of carbonyl (C=O) groups excluding carboxylic acids is 1. The normalized spacial score (nSPS) is 18.3. The van der Waals surface area contributed by atoms with Crippen molar-refractivity contribution in [2.45, 2.75) is 25.7 Å². The average Bonchev–Trinajstić information content (AvgIpc) is 2.43. The summed E-state index contributed by atoms with van der Waals surface area (Å²) in [5, 5.41) is 17.8. The minimum atomic E-state index is 0. The van der Waals surface area contributed by atoms with Gasteiger partial charge in [0.15, 0.2) is 0 Å². The smallest absolute Gasteiger partial charge is 0.137 e. The Bertz CT molecular complexity index is 222. The zero-order valence-electron chi connectivity index (χ0n) is 10.2. The molecule has 0 saturated carbocycles. The second kappa shape index (κ2) is 14.3. The van der Waals surface area contributed by atoms with E-state index in [1.807, 2.05) is 0 Å². The van der Waals surface area contributed by atoms with E-state index in [-0.39, 0.29) is 12.4 Å². The molecule has 0 unspecified atom stereocenters. The Morgan fingerprint density at radius 2 is 1.33 bits per heavy atom. The van der Waals surface area contributed by atoms with Gasteiger partial charge in [-0.1, -0.05) is 5.16 Å². The third kappa shape index (κ3) is 10.4. The number of hydrogen-bond acceptors (Lipinski definition) is 7. The zero-order valence-corrected chi connectivity index (χ0v) is 11.0. The highest BCUT2D eigenvalue weighted by atomic mass is 35.5. The summed E-state index contributed by atoms with van der Waals surface area (Å²) in [6.45, 7) is 2.69. The van der Waals surface area contributed by atoms with Crippen molar-refractivity contribution in [2.75, 3.05) is 26.4 Å². The van der Waals surface area contributed by atoms with Crippen LogP contribution in [0.25, 0.3) is 0 Å². The van der Waals surface area contributed by atoms with Crippen LogP contribution in [0.2, 0.25) is 0 Å². The standard InChI is InChI=1S/C5H9NO2.C5H8O2.ClH.H3NO/c7-6-5-1-3-8-4-2-5;6-5-1-3-7-4-2-5;;1-2/h7H,1-4H2;1-4H2;1H;2H,1H2. The van der Waals surface area contributed by atoms with E-state index in [1.54, 1.807) is 0 Å². The number of Topliss-reactive ketones (excluding diaryl/α,β-unsaturated/α-hetero) is 1. The van der Waals surface area contributed by atoms with Crippen LogP contribution < -0.4 is 5.90 Å². The molecule has 0 aromatic heterocycles. The van der Waals surface area contributed by atoms with Crippen LogP contribution in [-0.2, 0) is 14.3 Å². The minimum absolute atomic E-state index is 0. The molecule has 0 bridgehead atoms. The highest BCUT2D eigenvalue weighted by Crippen LogP contribution is 2.00. The van der Waals surface area contributed by atoms with E-state index in [0.29, 0.717) is 45.1 Å². The van der Waals surface area contributed by atoms with Crippen molar-refractivity contribution in [3.8, 4) is 0 Å². The average molecular weight is 285 g/mol. The summed E-state index contributed by atoms with van der Waals surface area (Å²) in [5.74, 6) is 3.84. The van der Waals surface area contributed by atoms with Gasteiger partial charge in [0.05, 0.1) is 32.1 Å². The Kier molecular flexibility index (Phi) is 15.6. The lowest BCUT2D eigenvalue weighted by Gasteiger charge is -2.10. The fourth-order valence-corrected chi connectivity index (χ4v) is 1.31. The van der Waals surface area contributed by atoms with E-state index >= 15 is 0 Å². The number of rotatable bonds is 0. The lowest BCUT2D eigenvalue weighted by Crippen LogP contribution is -2.14. The van der Waals surface area contributed by atoms with Crippen molar-refractivity contribution in [1.82, 2.24) is 0 Å². The number of nitrogens with zero attached hydrogens (tertiary/aromatic N) is 1.